The first-order valence-corrected chi connectivity index (χ1v) is 11.8. The van der Waals surface area contributed by atoms with E-state index in [4.69, 9.17) is 0 Å². The lowest BCUT2D eigenvalue weighted by Gasteiger charge is -2.35. The molecule has 0 saturated carbocycles. The Morgan fingerprint density at radius 2 is 1.72 bits per heavy atom. The third kappa shape index (κ3) is 3.90. The third-order valence-corrected chi connectivity index (χ3v) is 7.70. The second-order valence-electron chi connectivity index (χ2n) is 8.49. The molecule has 4 rings (SSSR count). The van der Waals surface area contributed by atoms with E-state index in [-0.39, 0.29) is 10.8 Å². The minimum atomic E-state index is -3.72. The van der Waals surface area contributed by atoms with Gasteiger partial charge in [-0.05, 0) is 60.9 Å². The summed E-state index contributed by atoms with van der Waals surface area (Å²) in [5.74, 6) is 0.832. The van der Waals surface area contributed by atoms with Crippen LogP contribution in [0.5, 0.6) is 0 Å². The highest BCUT2D eigenvalue weighted by Gasteiger charge is 2.31. The van der Waals surface area contributed by atoms with Crippen LogP contribution in [-0.4, -0.2) is 38.9 Å². The van der Waals surface area contributed by atoms with E-state index in [1.165, 1.54) is 4.31 Å². The first kappa shape index (κ1) is 20.0. The molecule has 2 atom stereocenters. The number of para-hydroxylation sites is 1. The summed E-state index contributed by atoms with van der Waals surface area (Å²) in [6.07, 6.45) is 2.79. The van der Waals surface area contributed by atoms with Gasteiger partial charge in [0.2, 0.25) is 0 Å². The Labute approximate surface area is 173 Å². The summed E-state index contributed by atoms with van der Waals surface area (Å²) in [5.41, 5.74) is 2.23. The van der Waals surface area contributed by atoms with Crippen molar-refractivity contribution in [2.75, 3.05) is 23.9 Å². The summed E-state index contributed by atoms with van der Waals surface area (Å²) in [6.45, 7) is 6.22. The van der Waals surface area contributed by atoms with E-state index in [2.05, 4.69) is 13.8 Å². The van der Waals surface area contributed by atoms with Crippen LogP contribution in [0, 0.1) is 11.8 Å². The highest BCUT2D eigenvalue weighted by molar-refractivity contribution is 7.92. The number of benzene rings is 2. The highest BCUT2D eigenvalue weighted by atomic mass is 32.2. The number of hydrogen-bond acceptors (Lipinski definition) is 3. The normalized spacial score (nSPS) is 22.3. The molecule has 0 N–H and O–H groups in total. The first-order chi connectivity index (χ1) is 13.9. The van der Waals surface area contributed by atoms with E-state index in [1.54, 1.807) is 24.3 Å². The Balaban J connectivity index is 1.64. The van der Waals surface area contributed by atoms with E-state index < -0.39 is 10.0 Å². The molecule has 154 valence electrons. The predicted octanol–water partition coefficient (Wildman–Crippen LogP) is 3.95. The fourth-order valence-corrected chi connectivity index (χ4v) is 6.26. The number of hydrogen-bond donors (Lipinski definition) is 0. The molecule has 2 aromatic carbocycles. The Bertz CT molecular complexity index is 1010. The van der Waals surface area contributed by atoms with Gasteiger partial charge in [-0.25, -0.2) is 8.42 Å². The number of carbonyl (C=O) groups is 1. The van der Waals surface area contributed by atoms with E-state index >= 15 is 0 Å². The van der Waals surface area contributed by atoms with Gasteiger partial charge in [0.1, 0.15) is 0 Å². The van der Waals surface area contributed by atoms with Crippen molar-refractivity contribution in [3.8, 4) is 0 Å². The first-order valence-electron chi connectivity index (χ1n) is 10.4. The molecule has 0 radical (unpaired) electrons. The van der Waals surface area contributed by atoms with Crippen LogP contribution in [0.1, 0.15) is 42.6 Å². The van der Waals surface area contributed by atoms with Crippen molar-refractivity contribution in [3.05, 3.63) is 59.7 Å². The predicted molar refractivity (Wildman–Crippen MR) is 115 cm³/mol. The number of sulfonamides is 1. The van der Waals surface area contributed by atoms with Crippen LogP contribution in [0.2, 0.25) is 0 Å². The summed E-state index contributed by atoms with van der Waals surface area (Å²) in [4.78, 5) is 15.1. The fraction of sp³-hybridized carbons (Fsp3) is 0.435. The quantitative estimate of drug-likeness (QED) is 0.767. The molecule has 1 fully saturated rings. The van der Waals surface area contributed by atoms with Crippen molar-refractivity contribution in [1.82, 2.24) is 4.90 Å². The lowest BCUT2D eigenvalue weighted by Crippen LogP contribution is -2.42. The molecule has 29 heavy (non-hydrogen) atoms. The van der Waals surface area contributed by atoms with Crippen molar-refractivity contribution in [3.63, 3.8) is 0 Å². The molecular formula is C23H28N2O3S. The van der Waals surface area contributed by atoms with Gasteiger partial charge < -0.3 is 4.90 Å². The van der Waals surface area contributed by atoms with Crippen LogP contribution < -0.4 is 4.31 Å². The van der Waals surface area contributed by atoms with E-state index in [9.17, 15) is 13.2 Å². The maximum absolute atomic E-state index is 13.4. The topological polar surface area (TPSA) is 57.7 Å². The fourth-order valence-electron chi connectivity index (χ4n) is 4.68. The van der Waals surface area contributed by atoms with Crippen molar-refractivity contribution < 1.29 is 13.2 Å². The van der Waals surface area contributed by atoms with Crippen molar-refractivity contribution in [1.29, 1.82) is 0 Å². The van der Waals surface area contributed by atoms with Crippen LogP contribution in [0.4, 0.5) is 5.69 Å². The lowest BCUT2D eigenvalue weighted by molar-refractivity contribution is 0.0623. The van der Waals surface area contributed by atoms with Crippen LogP contribution in [0.25, 0.3) is 0 Å². The van der Waals surface area contributed by atoms with Crippen molar-refractivity contribution >= 4 is 21.6 Å². The summed E-state index contributed by atoms with van der Waals surface area (Å²) < 4.78 is 28.3. The van der Waals surface area contributed by atoms with Gasteiger partial charge in [-0.3, -0.25) is 9.10 Å². The molecule has 1 amide bonds. The highest BCUT2D eigenvalue weighted by Crippen LogP contribution is 2.32. The lowest BCUT2D eigenvalue weighted by atomic mass is 9.91. The molecular weight excluding hydrogens is 384 g/mol. The second kappa shape index (κ2) is 7.82. The number of aryl methyl sites for hydroxylation is 1. The van der Waals surface area contributed by atoms with Crippen LogP contribution in [0.15, 0.2) is 53.4 Å². The smallest absolute Gasteiger partial charge is 0.264 e. The summed E-state index contributed by atoms with van der Waals surface area (Å²) in [5, 5.41) is 0. The largest absolute Gasteiger partial charge is 0.338 e. The molecule has 2 heterocycles. The van der Waals surface area contributed by atoms with E-state index in [0.717, 1.165) is 43.6 Å². The summed E-state index contributed by atoms with van der Waals surface area (Å²) in [6, 6.07) is 14.2. The average molecular weight is 413 g/mol. The van der Waals surface area contributed by atoms with Crippen LogP contribution >= 0.6 is 0 Å². The molecule has 0 bridgehead atoms. The van der Waals surface area contributed by atoms with Gasteiger partial charge in [-0.1, -0.05) is 38.1 Å². The summed E-state index contributed by atoms with van der Waals surface area (Å²) >= 11 is 0. The van der Waals surface area contributed by atoms with E-state index in [1.807, 2.05) is 29.2 Å². The zero-order valence-corrected chi connectivity index (χ0v) is 17.9. The molecule has 1 saturated heterocycles. The third-order valence-electron chi connectivity index (χ3n) is 5.89. The monoisotopic (exact) mass is 412 g/mol. The zero-order valence-electron chi connectivity index (χ0n) is 17.0. The minimum absolute atomic E-state index is 0.0838. The second-order valence-corrected chi connectivity index (χ2v) is 10.4. The van der Waals surface area contributed by atoms with Crippen LogP contribution in [0.3, 0.4) is 0 Å². The molecule has 0 aromatic heterocycles. The van der Waals surface area contributed by atoms with Gasteiger partial charge >= 0.3 is 0 Å². The Morgan fingerprint density at radius 1 is 1.00 bits per heavy atom. The van der Waals surface area contributed by atoms with Gasteiger partial charge in [0.15, 0.2) is 0 Å². The Morgan fingerprint density at radius 3 is 2.48 bits per heavy atom. The SMILES string of the molecule is CC1CC(C)CN(C(=O)c2cccc(S(=O)(=O)N3CCCc4ccccc43)c2)C1. The Kier molecular flexibility index (Phi) is 5.38. The number of likely N-dealkylation sites (tertiary alicyclic amines) is 1. The van der Waals surface area contributed by atoms with Crippen LogP contribution in [-0.2, 0) is 16.4 Å². The van der Waals surface area contributed by atoms with Crippen molar-refractivity contribution in [2.45, 2.75) is 38.0 Å². The number of rotatable bonds is 3. The van der Waals surface area contributed by atoms with Gasteiger partial charge in [-0.15, -0.1) is 0 Å². The molecule has 0 spiro atoms. The average Bonchev–Trinajstić information content (AvgIpc) is 2.72. The number of nitrogens with zero attached hydrogens (tertiary/aromatic N) is 2. The zero-order chi connectivity index (χ0) is 20.6. The molecule has 2 aromatic rings. The number of amides is 1. The number of anilines is 1. The van der Waals surface area contributed by atoms with Gasteiger partial charge in [-0.2, -0.15) is 0 Å². The number of piperidine rings is 1. The maximum Gasteiger partial charge on any atom is 0.264 e. The summed E-state index contributed by atoms with van der Waals surface area (Å²) in [7, 11) is -3.72. The molecule has 2 aliphatic heterocycles. The molecule has 5 nitrogen and oxygen atoms in total. The maximum atomic E-state index is 13.4. The van der Waals surface area contributed by atoms with Gasteiger partial charge in [0, 0.05) is 25.2 Å². The Hall–Kier alpha value is -2.34. The van der Waals surface area contributed by atoms with Gasteiger partial charge in [0.05, 0.1) is 10.6 Å². The molecule has 2 aliphatic rings. The molecule has 2 unspecified atom stereocenters. The minimum Gasteiger partial charge on any atom is -0.338 e. The number of carbonyl (C=O) groups excluding carboxylic acids is 1. The van der Waals surface area contributed by atoms with Crippen molar-refractivity contribution in [2.24, 2.45) is 11.8 Å². The van der Waals surface area contributed by atoms with Gasteiger partial charge in [0.25, 0.3) is 15.9 Å². The number of fused-ring (bicyclic) bond motifs is 1. The van der Waals surface area contributed by atoms with E-state index in [0.29, 0.717) is 23.9 Å². The standard InChI is InChI=1S/C23H28N2O3S/c1-17-13-18(2)16-24(15-17)23(26)20-8-5-10-21(14-20)29(27,28)25-12-6-9-19-7-3-4-11-22(19)25/h3-5,7-8,10-11,14,17-18H,6,9,12-13,15-16H2,1-2H3. The molecule has 0 aliphatic carbocycles. The molecule has 6 heteroatoms.